The van der Waals surface area contributed by atoms with Gasteiger partial charge in [-0.1, -0.05) is 24.3 Å². The number of carbonyl (C=O) groups excluding carboxylic acids is 3. The molecule has 1 amide bonds. The SMILES string of the molecule is Cc1c(C(=O)N2CCN(C)CC2)oc2c1C(=O)C(=O)c1ccccc1-2. The molecule has 0 saturated carbocycles. The second kappa shape index (κ2) is 5.67. The minimum atomic E-state index is -0.604. The Morgan fingerprint density at radius 2 is 1.64 bits per heavy atom. The Kier molecular flexibility index (Phi) is 3.58. The number of benzene rings is 1. The van der Waals surface area contributed by atoms with Gasteiger partial charge in [-0.2, -0.15) is 0 Å². The molecule has 0 N–H and O–H groups in total. The summed E-state index contributed by atoms with van der Waals surface area (Å²) in [7, 11) is 2.01. The summed E-state index contributed by atoms with van der Waals surface area (Å²) in [6.07, 6.45) is 0. The second-order valence-electron chi connectivity index (χ2n) is 6.56. The predicted molar refractivity (Wildman–Crippen MR) is 90.9 cm³/mol. The first-order valence-corrected chi connectivity index (χ1v) is 8.28. The number of ketones is 2. The van der Waals surface area contributed by atoms with Crippen molar-refractivity contribution < 1.29 is 18.8 Å². The molecule has 1 saturated heterocycles. The topological polar surface area (TPSA) is 70.8 Å². The number of piperazine rings is 1. The third-order valence-electron chi connectivity index (χ3n) is 4.98. The number of amides is 1. The van der Waals surface area contributed by atoms with E-state index in [1.807, 2.05) is 7.05 Å². The number of hydrogen-bond donors (Lipinski definition) is 0. The average Bonchev–Trinajstić information content (AvgIpc) is 2.97. The van der Waals surface area contributed by atoms with Crippen molar-refractivity contribution in [2.45, 2.75) is 6.92 Å². The standard InChI is InChI=1S/C19H18N2O4/c1-11-14-16(23)15(22)12-5-3-4-6-13(12)18(14)25-17(11)19(24)21-9-7-20(2)8-10-21/h3-6H,7-10H2,1-2H3. The fourth-order valence-electron chi connectivity index (χ4n) is 3.45. The van der Waals surface area contributed by atoms with Gasteiger partial charge in [-0.25, -0.2) is 0 Å². The first kappa shape index (κ1) is 15.8. The molecule has 2 aromatic rings. The van der Waals surface area contributed by atoms with Crippen LogP contribution in [0, 0.1) is 6.92 Å². The highest BCUT2D eigenvalue weighted by atomic mass is 16.4. The Labute approximate surface area is 145 Å². The lowest BCUT2D eigenvalue weighted by molar-refractivity contribution is 0.0632. The summed E-state index contributed by atoms with van der Waals surface area (Å²) in [5.74, 6) is -0.890. The van der Waals surface area contributed by atoms with E-state index in [1.165, 1.54) is 0 Å². The summed E-state index contributed by atoms with van der Waals surface area (Å²) in [5, 5.41) is 0. The lowest BCUT2D eigenvalue weighted by atomic mass is 9.87. The third-order valence-corrected chi connectivity index (χ3v) is 4.98. The van der Waals surface area contributed by atoms with Gasteiger partial charge in [-0.05, 0) is 14.0 Å². The van der Waals surface area contributed by atoms with E-state index in [4.69, 9.17) is 4.42 Å². The maximum atomic E-state index is 12.9. The van der Waals surface area contributed by atoms with Crippen LogP contribution in [-0.4, -0.2) is 60.5 Å². The zero-order chi connectivity index (χ0) is 17.7. The van der Waals surface area contributed by atoms with Crippen LogP contribution in [0.1, 0.15) is 36.8 Å². The second-order valence-corrected chi connectivity index (χ2v) is 6.56. The Balaban J connectivity index is 1.79. The summed E-state index contributed by atoms with van der Waals surface area (Å²) < 4.78 is 5.85. The van der Waals surface area contributed by atoms with E-state index in [-0.39, 0.29) is 17.2 Å². The molecule has 0 spiro atoms. The third kappa shape index (κ3) is 2.33. The predicted octanol–water partition coefficient (Wildman–Crippen LogP) is 2.02. The van der Waals surface area contributed by atoms with Crippen LogP contribution in [0.3, 0.4) is 0 Å². The van der Waals surface area contributed by atoms with Crippen LogP contribution in [0.4, 0.5) is 0 Å². The van der Waals surface area contributed by atoms with Gasteiger partial charge in [0.05, 0.1) is 5.56 Å². The first-order chi connectivity index (χ1) is 12.0. The highest BCUT2D eigenvalue weighted by Gasteiger charge is 2.38. The molecule has 4 rings (SSSR count). The van der Waals surface area contributed by atoms with Crippen molar-refractivity contribution in [3.8, 4) is 11.3 Å². The maximum absolute atomic E-state index is 12.9. The number of likely N-dealkylation sites (N-methyl/N-ethyl adjacent to an activating group) is 1. The number of carbonyl (C=O) groups is 3. The summed E-state index contributed by atoms with van der Waals surface area (Å²) >= 11 is 0. The summed E-state index contributed by atoms with van der Waals surface area (Å²) in [6.45, 7) is 4.49. The van der Waals surface area contributed by atoms with Crippen molar-refractivity contribution in [3.05, 3.63) is 46.7 Å². The van der Waals surface area contributed by atoms with Crippen molar-refractivity contribution in [1.29, 1.82) is 0 Å². The molecule has 0 bridgehead atoms. The molecular formula is C19H18N2O4. The number of furan rings is 1. The quantitative estimate of drug-likeness (QED) is 0.744. The molecule has 1 aromatic carbocycles. The van der Waals surface area contributed by atoms with E-state index < -0.39 is 11.6 Å². The van der Waals surface area contributed by atoms with Crippen molar-refractivity contribution in [3.63, 3.8) is 0 Å². The maximum Gasteiger partial charge on any atom is 0.289 e. The van der Waals surface area contributed by atoms with Gasteiger partial charge < -0.3 is 14.2 Å². The van der Waals surface area contributed by atoms with Crippen molar-refractivity contribution in [2.75, 3.05) is 33.2 Å². The average molecular weight is 338 g/mol. The van der Waals surface area contributed by atoms with Gasteiger partial charge in [-0.3, -0.25) is 14.4 Å². The van der Waals surface area contributed by atoms with Gasteiger partial charge in [0.2, 0.25) is 11.6 Å². The molecule has 128 valence electrons. The van der Waals surface area contributed by atoms with Crippen LogP contribution in [0.25, 0.3) is 11.3 Å². The number of Topliss-reactive ketones (excluding diaryl/α,β-unsaturated/α-hetero) is 2. The van der Waals surface area contributed by atoms with Crippen LogP contribution in [0.5, 0.6) is 0 Å². The molecule has 1 aromatic heterocycles. The summed E-state index contributed by atoms with van der Waals surface area (Å²) in [6, 6.07) is 6.84. The zero-order valence-electron chi connectivity index (χ0n) is 14.2. The van der Waals surface area contributed by atoms with E-state index in [0.29, 0.717) is 35.5 Å². The molecule has 0 atom stereocenters. The van der Waals surface area contributed by atoms with Gasteiger partial charge in [0.25, 0.3) is 5.91 Å². The van der Waals surface area contributed by atoms with Crippen LogP contribution in [0.2, 0.25) is 0 Å². The van der Waals surface area contributed by atoms with E-state index >= 15 is 0 Å². The summed E-state index contributed by atoms with van der Waals surface area (Å²) in [4.78, 5) is 41.6. The van der Waals surface area contributed by atoms with E-state index in [1.54, 1.807) is 36.1 Å². The number of hydrogen-bond acceptors (Lipinski definition) is 5. The number of fused-ring (bicyclic) bond motifs is 3. The Morgan fingerprint density at radius 3 is 2.32 bits per heavy atom. The Hall–Kier alpha value is -2.73. The van der Waals surface area contributed by atoms with E-state index in [2.05, 4.69) is 4.90 Å². The fourth-order valence-corrected chi connectivity index (χ4v) is 3.45. The summed E-state index contributed by atoms with van der Waals surface area (Å²) in [5.41, 5.74) is 1.57. The lowest BCUT2D eigenvalue weighted by Crippen LogP contribution is -2.47. The molecule has 0 unspecified atom stereocenters. The largest absolute Gasteiger partial charge is 0.450 e. The minimum absolute atomic E-state index is 0.160. The van der Waals surface area contributed by atoms with Gasteiger partial charge in [0.15, 0.2) is 5.76 Å². The van der Waals surface area contributed by atoms with Crippen molar-refractivity contribution in [2.24, 2.45) is 0 Å². The molecule has 2 heterocycles. The van der Waals surface area contributed by atoms with Crippen LogP contribution in [-0.2, 0) is 0 Å². The molecule has 1 aliphatic heterocycles. The monoisotopic (exact) mass is 338 g/mol. The van der Waals surface area contributed by atoms with Gasteiger partial charge in [0.1, 0.15) is 5.76 Å². The molecule has 25 heavy (non-hydrogen) atoms. The van der Waals surface area contributed by atoms with Crippen LogP contribution < -0.4 is 0 Å². The molecule has 2 aliphatic rings. The van der Waals surface area contributed by atoms with Crippen molar-refractivity contribution >= 4 is 17.5 Å². The number of nitrogens with zero attached hydrogens (tertiary/aromatic N) is 2. The first-order valence-electron chi connectivity index (χ1n) is 8.28. The van der Waals surface area contributed by atoms with Crippen LogP contribution >= 0.6 is 0 Å². The fraction of sp³-hybridized carbons (Fsp3) is 0.316. The van der Waals surface area contributed by atoms with E-state index in [9.17, 15) is 14.4 Å². The minimum Gasteiger partial charge on any atom is -0.450 e. The smallest absolute Gasteiger partial charge is 0.289 e. The molecule has 6 nitrogen and oxygen atoms in total. The number of rotatable bonds is 1. The molecule has 0 radical (unpaired) electrons. The Morgan fingerprint density at radius 1 is 1.00 bits per heavy atom. The molecule has 1 fully saturated rings. The van der Waals surface area contributed by atoms with Gasteiger partial charge in [-0.15, -0.1) is 0 Å². The molecular weight excluding hydrogens is 320 g/mol. The van der Waals surface area contributed by atoms with Gasteiger partial charge in [0, 0.05) is 42.9 Å². The Bertz CT molecular complexity index is 904. The van der Waals surface area contributed by atoms with Crippen LogP contribution in [0.15, 0.2) is 28.7 Å². The van der Waals surface area contributed by atoms with Gasteiger partial charge >= 0.3 is 0 Å². The lowest BCUT2D eigenvalue weighted by Gasteiger charge is -2.31. The zero-order valence-corrected chi connectivity index (χ0v) is 14.2. The van der Waals surface area contributed by atoms with E-state index in [0.717, 1.165) is 13.1 Å². The molecule has 6 heteroatoms. The molecule has 1 aliphatic carbocycles. The highest BCUT2D eigenvalue weighted by Crippen LogP contribution is 2.38. The normalized spacial score (nSPS) is 17.4. The van der Waals surface area contributed by atoms with Crippen molar-refractivity contribution in [1.82, 2.24) is 9.80 Å². The highest BCUT2D eigenvalue weighted by molar-refractivity contribution is 6.53.